The number of amides is 2. The Hall–Kier alpha value is -3.54. The van der Waals surface area contributed by atoms with Crippen LogP contribution in [0, 0.1) is 0 Å². The van der Waals surface area contributed by atoms with Crippen LogP contribution < -0.4 is 48.1 Å². The van der Waals surface area contributed by atoms with E-state index >= 15 is 0 Å². The first-order valence-corrected chi connectivity index (χ1v) is 11.0. The molecule has 12 heteroatoms. The largest absolute Gasteiger partial charge is 1.00 e. The number of aromatic nitrogens is 1. The van der Waals surface area contributed by atoms with Gasteiger partial charge in [0.1, 0.15) is 5.75 Å². The molecule has 1 atom stereocenters. The maximum absolute atomic E-state index is 12.5. The first kappa shape index (κ1) is 27.7. The summed E-state index contributed by atoms with van der Waals surface area (Å²) in [5, 5.41) is 4.68. The van der Waals surface area contributed by atoms with Gasteiger partial charge in [-0.15, -0.1) is 0 Å². The normalized spacial score (nSPS) is 11.1. The quantitative estimate of drug-likeness (QED) is 0.307. The summed E-state index contributed by atoms with van der Waals surface area (Å²) in [6.45, 7) is 0. The number of primary amides is 1. The molecule has 1 aromatic heterocycles. The summed E-state index contributed by atoms with van der Waals surface area (Å²) in [5.41, 5.74) is 12.4. The Morgan fingerprint density at radius 1 is 1.00 bits per heavy atom. The molecule has 6 N–H and O–H groups in total. The standard InChI is InChI=1S/C23H26N4O6S.ClH/c1-30-17-6-5-12(7-16(17)26-23(29)15(24)10-20(25)28)14-11-34-27-21(14)13-8-18(31-2)22(33-4)19(9-13)32-3;/h5-9,11,15H,10,24H2,1-4H3,(H2,25,28)(H,26,29);1H/t15-;/m1./s1. The van der Waals surface area contributed by atoms with E-state index in [0.29, 0.717) is 34.4 Å². The molecule has 3 aromatic rings. The first-order valence-electron chi connectivity index (χ1n) is 10.2. The second-order valence-corrected chi connectivity index (χ2v) is 7.89. The Kier molecular flexibility index (Phi) is 9.69. The second kappa shape index (κ2) is 12.2. The number of nitrogens with zero attached hydrogens (tertiary/aromatic N) is 1. The average Bonchev–Trinajstić information content (AvgIpc) is 3.32. The average molecular weight is 523 g/mol. The molecule has 0 saturated carbocycles. The Morgan fingerprint density at radius 3 is 2.17 bits per heavy atom. The molecule has 3 rings (SSSR count). The summed E-state index contributed by atoms with van der Waals surface area (Å²) in [4.78, 5) is 23.7. The molecule has 0 radical (unpaired) electrons. The van der Waals surface area contributed by atoms with Gasteiger partial charge in [-0.2, -0.15) is 4.37 Å². The first-order chi connectivity index (χ1) is 16.3. The zero-order valence-electron chi connectivity index (χ0n) is 19.7. The predicted octanol–water partition coefficient (Wildman–Crippen LogP) is -1.06. The van der Waals surface area contributed by atoms with Crippen LogP contribution in [0.3, 0.4) is 0 Å². The summed E-state index contributed by atoms with van der Waals surface area (Å²) < 4.78 is 26.3. The maximum Gasteiger partial charge on any atom is 0.283 e. The van der Waals surface area contributed by atoms with Gasteiger partial charge in [0, 0.05) is 16.5 Å². The number of benzene rings is 2. The molecule has 1 heterocycles. The van der Waals surface area contributed by atoms with Crippen molar-refractivity contribution in [2.75, 3.05) is 33.8 Å². The van der Waals surface area contributed by atoms with Crippen molar-refractivity contribution in [2.45, 2.75) is 12.5 Å². The van der Waals surface area contributed by atoms with E-state index in [9.17, 15) is 9.59 Å². The molecule has 0 saturated heterocycles. The molecule has 0 bridgehead atoms. The number of nitrogens with two attached hydrogens (primary N) is 1. The molecular weight excluding hydrogens is 496 g/mol. The number of hydrogen-bond acceptors (Lipinski definition) is 8. The predicted molar refractivity (Wildman–Crippen MR) is 128 cm³/mol. The van der Waals surface area contributed by atoms with Crippen molar-refractivity contribution in [3.8, 4) is 45.4 Å². The van der Waals surface area contributed by atoms with Gasteiger partial charge in [0.15, 0.2) is 17.5 Å². The summed E-state index contributed by atoms with van der Waals surface area (Å²) in [7, 11) is 6.15. The number of carbonyl (C=O) groups excluding carboxylic acids is 2. The summed E-state index contributed by atoms with van der Waals surface area (Å²) in [6.07, 6.45) is -0.159. The Labute approximate surface area is 213 Å². The van der Waals surface area contributed by atoms with E-state index in [0.717, 1.165) is 16.7 Å². The van der Waals surface area contributed by atoms with E-state index in [1.54, 1.807) is 33.5 Å². The molecule has 2 amide bonds. The lowest BCUT2D eigenvalue weighted by atomic mass is 10.0. The summed E-state index contributed by atoms with van der Waals surface area (Å²) >= 11 is 1.29. The maximum atomic E-state index is 12.5. The van der Waals surface area contributed by atoms with Gasteiger partial charge >= 0.3 is 0 Å². The van der Waals surface area contributed by atoms with Crippen LogP contribution in [0.2, 0.25) is 0 Å². The third kappa shape index (κ3) is 6.13. The molecule has 10 nitrogen and oxygen atoms in total. The van der Waals surface area contributed by atoms with Crippen LogP contribution in [0.25, 0.3) is 22.4 Å². The number of nitrogens with one attached hydrogen (secondary N) is 1. The Balaban J connectivity index is 0.00000432. The number of methoxy groups -OCH3 is 4. The topological polar surface area (TPSA) is 150 Å². The molecule has 188 valence electrons. The number of carbonyl (C=O) groups is 2. The van der Waals surface area contributed by atoms with E-state index in [-0.39, 0.29) is 18.8 Å². The SMILES string of the molecule is COc1ccc(-c2csnc2-c2cc(OC)c(OC)c(OC)c2)cc1NC(=O)[C@H]([NH3+])CC(N)=O.[Cl-]. The van der Waals surface area contributed by atoms with Crippen LogP contribution in [0.4, 0.5) is 5.69 Å². The van der Waals surface area contributed by atoms with Crippen LogP contribution in [-0.2, 0) is 9.59 Å². The Bertz CT molecular complexity index is 1180. The zero-order valence-corrected chi connectivity index (χ0v) is 21.3. The van der Waals surface area contributed by atoms with Gasteiger partial charge in [-0.3, -0.25) is 9.59 Å². The fourth-order valence-corrected chi connectivity index (χ4v) is 4.13. The van der Waals surface area contributed by atoms with E-state index < -0.39 is 17.9 Å². The fourth-order valence-electron chi connectivity index (χ4n) is 3.41. The molecule has 0 fully saturated rings. The van der Waals surface area contributed by atoms with E-state index in [4.69, 9.17) is 24.7 Å². The number of ether oxygens (including phenoxy) is 4. The minimum Gasteiger partial charge on any atom is -1.00 e. The monoisotopic (exact) mass is 522 g/mol. The highest BCUT2D eigenvalue weighted by Crippen LogP contribution is 2.44. The minimum atomic E-state index is -0.830. The third-order valence-corrected chi connectivity index (χ3v) is 5.72. The van der Waals surface area contributed by atoms with Gasteiger partial charge in [-0.05, 0) is 41.4 Å². The van der Waals surface area contributed by atoms with Crippen molar-refractivity contribution in [3.05, 3.63) is 35.7 Å². The van der Waals surface area contributed by atoms with Crippen molar-refractivity contribution < 1.29 is 46.7 Å². The Morgan fingerprint density at radius 2 is 1.63 bits per heavy atom. The zero-order chi connectivity index (χ0) is 24.8. The molecule has 0 aliphatic heterocycles. The number of anilines is 1. The third-order valence-electron chi connectivity index (χ3n) is 5.09. The molecule has 0 aliphatic carbocycles. The van der Waals surface area contributed by atoms with E-state index in [1.165, 1.54) is 18.6 Å². The van der Waals surface area contributed by atoms with Crippen LogP contribution in [-0.4, -0.2) is 50.7 Å². The molecule has 0 spiro atoms. The number of halogens is 1. The fraction of sp³-hybridized carbons (Fsp3) is 0.261. The minimum absolute atomic E-state index is 0. The smallest absolute Gasteiger partial charge is 0.283 e. The lowest BCUT2D eigenvalue weighted by molar-refractivity contribution is -0.401. The van der Waals surface area contributed by atoms with E-state index in [1.807, 2.05) is 23.6 Å². The van der Waals surface area contributed by atoms with Crippen LogP contribution in [0.1, 0.15) is 6.42 Å². The molecule has 0 aliphatic rings. The van der Waals surface area contributed by atoms with Crippen LogP contribution in [0.5, 0.6) is 23.0 Å². The summed E-state index contributed by atoms with van der Waals surface area (Å²) in [5.74, 6) is 0.918. The van der Waals surface area contributed by atoms with Crippen LogP contribution in [0.15, 0.2) is 35.7 Å². The molecule has 35 heavy (non-hydrogen) atoms. The molecule has 0 unspecified atom stereocenters. The highest BCUT2D eigenvalue weighted by atomic mass is 35.5. The van der Waals surface area contributed by atoms with Crippen molar-refractivity contribution in [3.63, 3.8) is 0 Å². The van der Waals surface area contributed by atoms with Gasteiger partial charge in [-0.25, -0.2) is 0 Å². The van der Waals surface area contributed by atoms with Crippen molar-refractivity contribution in [2.24, 2.45) is 5.73 Å². The van der Waals surface area contributed by atoms with Gasteiger partial charge in [0.05, 0.1) is 46.2 Å². The van der Waals surface area contributed by atoms with Gasteiger partial charge < -0.3 is 48.1 Å². The number of rotatable bonds is 10. The lowest BCUT2D eigenvalue weighted by Gasteiger charge is -2.15. The highest BCUT2D eigenvalue weighted by Gasteiger charge is 2.22. The highest BCUT2D eigenvalue weighted by molar-refractivity contribution is 7.04. The van der Waals surface area contributed by atoms with Crippen molar-refractivity contribution in [1.29, 1.82) is 0 Å². The van der Waals surface area contributed by atoms with Crippen molar-refractivity contribution >= 4 is 29.0 Å². The summed E-state index contributed by atoms with van der Waals surface area (Å²) in [6, 6.07) is 8.20. The van der Waals surface area contributed by atoms with Gasteiger partial charge in [-0.1, -0.05) is 6.07 Å². The lowest BCUT2D eigenvalue weighted by Crippen LogP contribution is -3.00. The molecule has 2 aromatic carbocycles. The number of quaternary nitrogens is 1. The van der Waals surface area contributed by atoms with Gasteiger partial charge in [0.25, 0.3) is 5.91 Å². The van der Waals surface area contributed by atoms with Gasteiger partial charge in [0.2, 0.25) is 11.7 Å². The number of hydrogen-bond donors (Lipinski definition) is 3. The van der Waals surface area contributed by atoms with Crippen LogP contribution >= 0.6 is 11.5 Å². The molecular formula is C23H27ClN4O6S. The second-order valence-electron chi connectivity index (χ2n) is 7.26. The van der Waals surface area contributed by atoms with E-state index in [2.05, 4.69) is 15.4 Å². The van der Waals surface area contributed by atoms with Crippen molar-refractivity contribution in [1.82, 2.24) is 4.37 Å².